The second-order valence-electron chi connectivity index (χ2n) is 2.82. The number of carboxylic acid groups (broad SMARTS) is 1. The molecule has 0 aliphatic carbocycles. The highest BCUT2D eigenvalue weighted by atomic mass is 32.2. The van der Waals surface area contributed by atoms with Crippen molar-refractivity contribution in [2.24, 2.45) is 0 Å². The van der Waals surface area contributed by atoms with E-state index in [0.29, 0.717) is 5.75 Å². The quantitative estimate of drug-likeness (QED) is 0.810. The molecule has 0 amide bonds. The number of carbonyl (C=O) groups is 1. The molecule has 0 fully saturated rings. The summed E-state index contributed by atoms with van der Waals surface area (Å²) in [5.74, 6) is 0.694. The van der Waals surface area contributed by atoms with Gasteiger partial charge in [0.15, 0.2) is 0 Å². The van der Waals surface area contributed by atoms with Crippen molar-refractivity contribution in [2.45, 2.75) is 24.9 Å². The monoisotopic (exact) mass is 200 g/mol. The van der Waals surface area contributed by atoms with Gasteiger partial charge in [0.25, 0.3) is 0 Å². The molecule has 0 radical (unpaired) electrons. The molecule has 1 aromatic rings. The van der Waals surface area contributed by atoms with Crippen LogP contribution in [-0.4, -0.2) is 16.3 Å². The number of furan rings is 1. The van der Waals surface area contributed by atoms with Gasteiger partial charge in [0.1, 0.15) is 5.76 Å². The molecule has 0 aliphatic heterocycles. The van der Waals surface area contributed by atoms with Crippen molar-refractivity contribution in [3.8, 4) is 0 Å². The average molecular weight is 200 g/mol. The van der Waals surface area contributed by atoms with Crippen LogP contribution in [0.5, 0.6) is 0 Å². The minimum absolute atomic E-state index is 0.385. The number of rotatable bonds is 4. The van der Waals surface area contributed by atoms with Crippen molar-refractivity contribution in [3.63, 3.8) is 0 Å². The zero-order valence-corrected chi connectivity index (χ0v) is 8.43. The van der Waals surface area contributed by atoms with Crippen LogP contribution in [0.4, 0.5) is 0 Å². The first kappa shape index (κ1) is 10.2. The molecule has 3 nitrogen and oxygen atoms in total. The fraction of sp³-hybridized carbons (Fsp3) is 0.444. The SMILES string of the molecule is Cc1ccoc1CSC(C)C(=O)O. The predicted molar refractivity (Wildman–Crippen MR) is 51.8 cm³/mol. The summed E-state index contributed by atoms with van der Waals surface area (Å²) in [5.41, 5.74) is 1.07. The molecule has 1 unspecified atom stereocenters. The average Bonchev–Trinajstić information content (AvgIpc) is 2.47. The second kappa shape index (κ2) is 4.37. The molecule has 1 N–H and O–H groups in total. The lowest BCUT2D eigenvalue weighted by molar-refractivity contribution is -0.136. The first-order chi connectivity index (χ1) is 6.11. The van der Waals surface area contributed by atoms with E-state index in [2.05, 4.69) is 0 Å². The lowest BCUT2D eigenvalue weighted by Crippen LogP contribution is -2.11. The summed E-state index contributed by atoms with van der Waals surface area (Å²) in [4.78, 5) is 10.5. The standard InChI is InChI=1S/C9H12O3S/c1-6-3-4-12-8(6)5-13-7(2)9(10)11/h3-4,7H,5H2,1-2H3,(H,10,11). The number of thioether (sulfide) groups is 1. The number of aliphatic carboxylic acids is 1. The summed E-state index contributed by atoms with van der Waals surface area (Å²) in [5, 5.41) is 8.24. The van der Waals surface area contributed by atoms with Gasteiger partial charge in [-0.1, -0.05) is 0 Å². The Hall–Kier alpha value is -0.900. The number of carboxylic acids is 1. The smallest absolute Gasteiger partial charge is 0.316 e. The minimum Gasteiger partial charge on any atom is -0.480 e. The summed E-state index contributed by atoms with van der Waals surface area (Å²) < 4.78 is 5.18. The summed E-state index contributed by atoms with van der Waals surface area (Å²) in [6.45, 7) is 3.62. The highest BCUT2D eigenvalue weighted by Gasteiger charge is 2.12. The lowest BCUT2D eigenvalue weighted by atomic mass is 10.3. The van der Waals surface area contributed by atoms with Gasteiger partial charge in [0.05, 0.1) is 17.3 Å². The van der Waals surface area contributed by atoms with Crippen molar-refractivity contribution in [3.05, 3.63) is 23.7 Å². The molecule has 1 atom stereocenters. The van der Waals surface area contributed by atoms with Crippen LogP contribution in [-0.2, 0) is 10.5 Å². The van der Waals surface area contributed by atoms with E-state index in [0.717, 1.165) is 11.3 Å². The highest BCUT2D eigenvalue weighted by molar-refractivity contribution is 7.99. The summed E-state index contributed by atoms with van der Waals surface area (Å²) in [6.07, 6.45) is 1.62. The molecule has 0 aromatic carbocycles. The van der Waals surface area contributed by atoms with Crippen LogP contribution in [0, 0.1) is 6.92 Å². The van der Waals surface area contributed by atoms with Crippen LogP contribution in [0.3, 0.4) is 0 Å². The number of aryl methyl sites for hydroxylation is 1. The fourth-order valence-electron chi connectivity index (χ4n) is 0.824. The Morgan fingerprint density at radius 1 is 1.77 bits per heavy atom. The number of hydrogen-bond acceptors (Lipinski definition) is 3. The van der Waals surface area contributed by atoms with Gasteiger partial charge in [0.2, 0.25) is 0 Å². The lowest BCUT2D eigenvalue weighted by Gasteiger charge is -2.03. The van der Waals surface area contributed by atoms with E-state index in [1.807, 2.05) is 13.0 Å². The molecule has 0 bridgehead atoms. The molecule has 0 saturated carbocycles. The molecule has 72 valence electrons. The van der Waals surface area contributed by atoms with E-state index in [-0.39, 0.29) is 5.25 Å². The minimum atomic E-state index is -0.783. The fourth-order valence-corrected chi connectivity index (χ4v) is 1.66. The van der Waals surface area contributed by atoms with Gasteiger partial charge in [-0.15, -0.1) is 11.8 Å². The maximum absolute atomic E-state index is 10.5. The molecule has 0 aliphatic rings. The maximum Gasteiger partial charge on any atom is 0.316 e. The Balaban J connectivity index is 2.44. The molecule has 0 spiro atoms. The third kappa shape index (κ3) is 2.81. The third-order valence-corrected chi connectivity index (χ3v) is 2.91. The Labute approximate surface area is 81.1 Å². The van der Waals surface area contributed by atoms with Gasteiger partial charge in [-0.05, 0) is 25.5 Å². The topological polar surface area (TPSA) is 50.4 Å². The van der Waals surface area contributed by atoms with Crippen LogP contribution >= 0.6 is 11.8 Å². The Kier molecular flexibility index (Phi) is 3.42. The zero-order valence-electron chi connectivity index (χ0n) is 7.61. The molecule has 1 heterocycles. The third-order valence-electron chi connectivity index (χ3n) is 1.78. The first-order valence-corrected chi connectivity index (χ1v) is 5.03. The molecule has 1 aromatic heterocycles. The summed E-state index contributed by atoms with van der Waals surface area (Å²) in [6, 6.07) is 1.88. The molecular formula is C9H12O3S. The van der Waals surface area contributed by atoms with Crippen molar-refractivity contribution >= 4 is 17.7 Å². The van der Waals surface area contributed by atoms with Crippen LogP contribution in [0.2, 0.25) is 0 Å². The summed E-state index contributed by atoms with van der Waals surface area (Å²) >= 11 is 1.36. The Morgan fingerprint density at radius 2 is 2.46 bits per heavy atom. The van der Waals surface area contributed by atoms with E-state index in [1.165, 1.54) is 11.8 Å². The molecular weight excluding hydrogens is 188 g/mol. The molecule has 4 heteroatoms. The normalized spacial score (nSPS) is 12.8. The maximum atomic E-state index is 10.5. The van der Waals surface area contributed by atoms with Crippen LogP contribution in [0.1, 0.15) is 18.2 Å². The van der Waals surface area contributed by atoms with E-state index in [1.54, 1.807) is 13.2 Å². The molecule has 0 saturated heterocycles. The second-order valence-corrected chi connectivity index (χ2v) is 4.15. The van der Waals surface area contributed by atoms with E-state index in [4.69, 9.17) is 9.52 Å². The predicted octanol–water partition coefficient (Wildman–Crippen LogP) is 2.29. The first-order valence-electron chi connectivity index (χ1n) is 3.98. The van der Waals surface area contributed by atoms with Crippen molar-refractivity contribution in [1.29, 1.82) is 0 Å². The van der Waals surface area contributed by atoms with Crippen LogP contribution in [0.15, 0.2) is 16.7 Å². The van der Waals surface area contributed by atoms with Gasteiger partial charge >= 0.3 is 5.97 Å². The van der Waals surface area contributed by atoms with Gasteiger partial charge in [0, 0.05) is 0 Å². The summed E-state index contributed by atoms with van der Waals surface area (Å²) in [7, 11) is 0. The van der Waals surface area contributed by atoms with Crippen molar-refractivity contribution in [1.82, 2.24) is 0 Å². The zero-order chi connectivity index (χ0) is 9.84. The van der Waals surface area contributed by atoms with E-state index >= 15 is 0 Å². The van der Waals surface area contributed by atoms with E-state index in [9.17, 15) is 4.79 Å². The van der Waals surface area contributed by atoms with Crippen molar-refractivity contribution in [2.75, 3.05) is 0 Å². The Bertz CT molecular complexity index is 293. The van der Waals surface area contributed by atoms with E-state index < -0.39 is 5.97 Å². The van der Waals surface area contributed by atoms with Gasteiger partial charge in [-0.2, -0.15) is 0 Å². The molecule has 13 heavy (non-hydrogen) atoms. The molecule has 1 rings (SSSR count). The Morgan fingerprint density at radius 3 is 2.92 bits per heavy atom. The van der Waals surface area contributed by atoms with Gasteiger partial charge in [-0.25, -0.2) is 0 Å². The highest BCUT2D eigenvalue weighted by Crippen LogP contribution is 2.20. The number of hydrogen-bond donors (Lipinski definition) is 1. The van der Waals surface area contributed by atoms with Gasteiger partial charge in [-0.3, -0.25) is 4.79 Å². The van der Waals surface area contributed by atoms with Crippen LogP contribution < -0.4 is 0 Å². The van der Waals surface area contributed by atoms with Gasteiger partial charge < -0.3 is 9.52 Å². The van der Waals surface area contributed by atoms with Crippen molar-refractivity contribution < 1.29 is 14.3 Å². The largest absolute Gasteiger partial charge is 0.480 e. The van der Waals surface area contributed by atoms with Crippen LogP contribution in [0.25, 0.3) is 0 Å².